The number of likely N-dealkylation sites (N-methyl/N-ethyl adjacent to an activating group) is 2. The van der Waals surface area contributed by atoms with Crippen LogP contribution in [0.2, 0.25) is 0 Å². The van der Waals surface area contributed by atoms with E-state index in [1.807, 2.05) is 25.9 Å². The maximum Gasteiger partial charge on any atom is 0.146 e. The van der Waals surface area contributed by atoms with E-state index in [1.165, 1.54) is 6.07 Å². The Kier molecular flexibility index (Phi) is 5.76. The van der Waals surface area contributed by atoms with Crippen LogP contribution in [0, 0.1) is 5.82 Å². The van der Waals surface area contributed by atoms with Crippen LogP contribution in [0.25, 0.3) is 0 Å². The standard InChI is InChI=1S/C15H25FN2O/c1-6-18(11(2)10-17(4)5)15-13(12(3)19)8-7-9-14(15)16/h7-9,11-12,19H,6,10H2,1-5H3. The third kappa shape index (κ3) is 3.91. The predicted octanol–water partition coefficient (Wildman–Crippen LogP) is 2.66. The van der Waals surface area contributed by atoms with Gasteiger partial charge in [-0.2, -0.15) is 0 Å². The molecule has 0 aromatic heterocycles. The van der Waals surface area contributed by atoms with Crippen molar-refractivity contribution in [3.63, 3.8) is 0 Å². The van der Waals surface area contributed by atoms with Crippen molar-refractivity contribution < 1.29 is 9.50 Å². The van der Waals surface area contributed by atoms with Crippen LogP contribution in [0.4, 0.5) is 10.1 Å². The van der Waals surface area contributed by atoms with E-state index in [2.05, 4.69) is 11.8 Å². The Morgan fingerprint density at radius 2 is 1.89 bits per heavy atom. The molecule has 19 heavy (non-hydrogen) atoms. The second-order valence-corrected chi connectivity index (χ2v) is 5.25. The zero-order valence-electron chi connectivity index (χ0n) is 12.5. The number of benzene rings is 1. The monoisotopic (exact) mass is 268 g/mol. The van der Waals surface area contributed by atoms with Crippen molar-refractivity contribution in [2.45, 2.75) is 32.9 Å². The molecule has 0 aliphatic heterocycles. The van der Waals surface area contributed by atoms with E-state index in [0.29, 0.717) is 17.8 Å². The second-order valence-electron chi connectivity index (χ2n) is 5.25. The lowest BCUT2D eigenvalue weighted by Crippen LogP contribution is -2.41. The topological polar surface area (TPSA) is 26.7 Å². The molecule has 0 heterocycles. The summed E-state index contributed by atoms with van der Waals surface area (Å²) in [6, 6.07) is 5.06. The Balaban J connectivity index is 3.17. The smallest absolute Gasteiger partial charge is 0.146 e. The van der Waals surface area contributed by atoms with Gasteiger partial charge < -0.3 is 14.9 Å². The molecule has 108 valence electrons. The Bertz CT molecular complexity index is 407. The van der Waals surface area contributed by atoms with Crippen LogP contribution in [-0.2, 0) is 0 Å². The molecule has 0 saturated carbocycles. The van der Waals surface area contributed by atoms with Gasteiger partial charge in [0.1, 0.15) is 5.82 Å². The number of nitrogens with zero attached hydrogens (tertiary/aromatic N) is 2. The summed E-state index contributed by atoms with van der Waals surface area (Å²) in [5.41, 5.74) is 1.17. The lowest BCUT2D eigenvalue weighted by molar-refractivity contribution is 0.199. The number of hydrogen-bond acceptors (Lipinski definition) is 3. The predicted molar refractivity (Wildman–Crippen MR) is 78.1 cm³/mol. The van der Waals surface area contributed by atoms with Crippen molar-refractivity contribution in [3.8, 4) is 0 Å². The number of para-hydroxylation sites is 1. The second kappa shape index (κ2) is 6.87. The Labute approximate surface area is 115 Å². The summed E-state index contributed by atoms with van der Waals surface area (Å²) in [5, 5.41) is 9.83. The molecule has 4 heteroatoms. The van der Waals surface area contributed by atoms with E-state index in [4.69, 9.17) is 0 Å². The van der Waals surface area contributed by atoms with Crippen LogP contribution in [-0.4, -0.2) is 43.2 Å². The number of anilines is 1. The minimum Gasteiger partial charge on any atom is -0.389 e. The van der Waals surface area contributed by atoms with Crippen LogP contribution >= 0.6 is 0 Å². The fourth-order valence-corrected chi connectivity index (χ4v) is 2.49. The van der Waals surface area contributed by atoms with Gasteiger partial charge in [-0.05, 0) is 40.9 Å². The van der Waals surface area contributed by atoms with Crippen LogP contribution in [0.15, 0.2) is 18.2 Å². The van der Waals surface area contributed by atoms with Gasteiger partial charge in [0, 0.05) is 24.7 Å². The lowest BCUT2D eigenvalue weighted by atomic mass is 10.1. The molecule has 1 rings (SSSR count). The van der Waals surface area contributed by atoms with Gasteiger partial charge in [-0.3, -0.25) is 0 Å². The van der Waals surface area contributed by atoms with E-state index in [-0.39, 0.29) is 11.9 Å². The van der Waals surface area contributed by atoms with Crippen LogP contribution < -0.4 is 4.90 Å². The van der Waals surface area contributed by atoms with Gasteiger partial charge >= 0.3 is 0 Å². The van der Waals surface area contributed by atoms with Gasteiger partial charge in [0.2, 0.25) is 0 Å². The largest absolute Gasteiger partial charge is 0.389 e. The Morgan fingerprint density at radius 3 is 2.37 bits per heavy atom. The third-order valence-electron chi connectivity index (χ3n) is 3.26. The molecule has 0 amide bonds. The fraction of sp³-hybridized carbons (Fsp3) is 0.600. The van der Waals surface area contributed by atoms with E-state index >= 15 is 0 Å². The zero-order valence-corrected chi connectivity index (χ0v) is 12.5. The van der Waals surface area contributed by atoms with Crippen molar-refractivity contribution in [1.82, 2.24) is 4.90 Å². The minimum absolute atomic E-state index is 0.175. The van der Waals surface area contributed by atoms with Crippen LogP contribution in [0.1, 0.15) is 32.4 Å². The first-order valence-electron chi connectivity index (χ1n) is 6.76. The Morgan fingerprint density at radius 1 is 1.26 bits per heavy atom. The maximum absolute atomic E-state index is 14.2. The molecule has 3 nitrogen and oxygen atoms in total. The summed E-state index contributed by atoms with van der Waals surface area (Å²) >= 11 is 0. The normalized spacial score (nSPS) is 14.5. The van der Waals surface area contributed by atoms with Crippen molar-refractivity contribution in [2.75, 3.05) is 32.1 Å². The molecule has 1 aromatic carbocycles. The molecule has 1 N–H and O–H groups in total. The molecule has 0 spiro atoms. The number of aliphatic hydroxyl groups is 1. The summed E-state index contributed by atoms with van der Waals surface area (Å²) in [6.45, 7) is 7.28. The quantitative estimate of drug-likeness (QED) is 0.859. The average molecular weight is 268 g/mol. The number of hydrogen-bond donors (Lipinski definition) is 1. The summed E-state index contributed by atoms with van der Waals surface area (Å²) in [4.78, 5) is 4.09. The number of halogens is 1. The highest BCUT2D eigenvalue weighted by atomic mass is 19.1. The van der Waals surface area contributed by atoms with Crippen molar-refractivity contribution in [2.24, 2.45) is 0 Å². The molecule has 0 aliphatic rings. The minimum atomic E-state index is -0.675. The molecule has 0 aliphatic carbocycles. The van der Waals surface area contributed by atoms with Crippen LogP contribution in [0.5, 0.6) is 0 Å². The summed E-state index contributed by atoms with van der Waals surface area (Å²) in [5.74, 6) is -0.272. The summed E-state index contributed by atoms with van der Waals surface area (Å²) in [7, 11) is 4.00. The number of rotatable bonds is 6. The molecule has 1 aromatic rings. The van der Waals surface area contributed by atoms with Crippen molar-refractivity contribution in [3.05, 3.63) is 29.6 Å². The third-order valence-corrected chi connectivity index (χ3v) is 3.26. The first kappa shape index (κ1) is 15.9. The van der Waals surface area contributed by atoms with E-state index in [1.54, 1.807) is 19.1 Å². The molecule has 0 bridgehead atoms. The summed E-state index contributed by atoms with van der Waals surface area (Å²) in [6.07, 6.45) is -0.675. The van der Waals surface area contributed by atoms with Gasteiger partial charge in [0.05, 0.1) is 11.8 Å². The van der Waals surface area contributed by atoms with Gasteiger partial charge in [0.25, 0.3) is 0 Å². The first-order valence-corrected chi connectivity index (χ1v) is 6.76. The first-order chi connectivity index (χ1) is 8.88. The van der Waals surface area contributed by atoms with E-state index in [9.17, 15) is 9.50 Å². The molecular weight excluding hydrogens is 243 g/mol. The van der Waals surface area contributed by atoms with Gasteiger partial charge in [-0.25, -0.2) is 4.39 Å². The zero-order chi connectivity index (χ0) is 14.6. The molecule has 0 saturated heterocycles. The highest BCUT2D eigenvalue weighted by molar-refractivity contribution is 5.56. The van der Waals surface area contributed by atoms with Gasteiger partial charge in [-0.1, -0.05) is 12.1 Å². The fourth-order valence-electron chi connectivity index (χ4n) is 2.49. The van der Waals surface area contributed by atoms with Crippen molar-refractivity contribution >= 4 is 5.69 Å². The molecule has 2 unspecified atom stereocenters. The van der Waals surface area contributed by atoms with Crippen LogP contribution in [0.3, 0.4) is 0 Å². The lowest BCUT2D eigenvalue weighted by Gasteiger charge is -2.34. The molecule has 0 radical (unpaired) electrons. The van der Waals surface area contributed by atoms with Gasteiger partial charge in [-0.15, -0.1) is 0 Å². The highest BCUT2D eigenvalue weighted by Gasteiger charge is 2.21. The van der Waals surface area contributed by atoms with E-state index in [0.717, 1.165) is 6.54 Å². The molecule has 0 fully saturated rings. The van der Waals surface area contributed by atoms with E-state index < -0.39 is 6.10 Å². The number of aliphatic hydroxyl groups excluding tert-OH is 1. The Hall–Kier alpha value is -1.13. The molecule has 2 atom stereocenters. The molecular formula is C15H25FN2O. The van der Waals surface area contributed by atoms with Gasteiger partial charge in [0.15, 0.2) is 0 Å². The summed E-state index contributed by atoms with van der Waals surface area (Å²) < 4.78 is 14.2. The highest BCUT2D eigenvalue weighted by Crippen LogP contribution is 2.30. The average Bonchev–Trinajstić information content (AvgIpc) is 2.30. The maximum atomic E-state index is 14.2. The SMILES string of the molecule is CCN(c1c(F)cccc1C(C)O)C(C)CN(C)C. The van der Waals surface area contributed by atoms with Crippen molar-refractivity contribution in [1.29, 1.82) is 0 Å².